The lowest BCUT2D eigenvalue weighted by Crippen LogP contribution is -2.52. The monoisotopic (exact) mass is 318 g/mol. The van der Waals surface area contributed by atoms with Gasteiger partial charge in [-0.3, -0.25) is 9.52 Å². The van der Waals surface area contributed by atoms with Crippen LogP contribution in [0.15, 0.2) is 12.7 Å². The third-order valence-corrected chi connectivity index (χ3v) is 5.14. The van der Waals surface area contributed by atoms with Gasteiger partial charge in [-0.05, 0) is 18.8 Å². The number of hydrogen-bond acceptors (Lipinski definition) is 5. The number of nitrogens with one attached hydrogen (secondary N) is 2. The van der Waals surface area contributed by atoms with Gasteiger partial charge in [0.2, 0.25) is 10.0 Å². The van der Waals surface area contributed by atoms with Crippen LogP contribution in [0.2, 0.25) is 0 Å². The second kappa shape index (κ2) is 7.44. The van der Waals surface area contributed by atoms with Gasteiger partial charge < -0.3 is 10.1 Å². The van der Waals surface area contributed by atoms with Crippen LogP contribution in [0.1, 0.15) is 33.1 Å². The van der Waals surface area contributed by atoms with Gasteiger partial charge in [0, 0.05) is 0 Å². The minimum absolute atomic E-state index is 0.0149. The minimum atomic E-state index is -3.63. The molecular formula is C13H22N2O5S. The lowest BCUT2D eigenvalue weighted by Gasteiger charge is -2.22. The Hall–Kier alpha value is -1.57. The summed E-state index contributed by atoms with van der Waals surface area (Å²) in [6.45, 7) is 7.02. The number of carbonyl (C=O) groups excluding carboxylic acids is 2. The molecule has 0 bridgehead atoms. The largest absolute Gasteiger partial charge is 0.445 e. The Kier molecular flexibility index (Phi) is 6.19. The number of ether oxygens (including phenoxy) is 1. The molecule has 120 valence electrons. The Balaban J connectivity index is 2.69. The van der Waals surface area contributed by atoms with Crippen molar-refractivity contribution in [3.05, 3.63) is 12.7 Å². The summed E-state index contributed by atoms with van der Waals surface area (Å²) in [4.78, 5) is 23.7. The van der Waals surface area contributed by atoms with E-state index in [1.165, 1.54) is 6.08 Å². The molecule has 1 aliphatic carbocycles. The lowest BCUT2D eigenvalue weighted by molar-refractivity contribution is -0.122. The molecule has 2 atom stereocenters. The number of rotatable bonds is 8. The van der Waals surface area contributed by atoms with Crippen LogP contribution >= 0.6 is 0 Å². The molecule has 1 saturated carbocycles. The zero-order valence-electron chi connectivity index (χ0n) is 12.3. The first-order chi connectivity index (χ1) is 9.81. The van der Waals surface area contributed by atoms with Gasteiger partial charge in [-0.1, -0.05) is 32.9 Å². The predicted octanol–water partition coefficient (Wildman–Crippen LogP) is 0.922. The summed E-state index contributed by atoms with van der Waals surface area (Å²) in [6, 6.07) is -0.958. The molecule has 0 aromatic heterocycles. The first kappa shape index (κ1) is 17.5. The third kappa shape index (κ3) is 5.37. The van der Waals surface area contributed by atoms with E-state index in [4.69, 9.17) is 4.74 Å². The van der Waals surface area contributed by atoms with Gasteiger partial charge in [0.1, 0.15) is 12.6 Å². The van der Waals surface area contributed by atoms with Crippen LogP contribution < -0.4 is 10.0 Å². The Morgan fingerprint density at radius 1 is 1.43 bits per heavy atom. The maximum Gasteiger partial charge on any atom is 0.408 e. The number of hydrogen-bond donors (Lipinski definition) is 2. The fourth-order valence-corrected chi connectivity index (χ4v) is 3.00. The van der Waals surface area contributed by atoms with Crippen LogP contribution in [0.5, 0.6) is 0 Å². The quantitative estimate of drug-likeness (QED) is 0.648. The molecule has 1 rings (SSSR count). The van der Waals surface area contributed by atoms with Gasteiger partial charge in [0.15, 0.2) is 0 Å². The van der Waals surface area contributed by atoms with E-state index in [2.05, 4.69) is 11.9 Å². The van der Waals surface area contributed by atoms with Gasteiger partial charge in [0.25, 0.3) is 5.91 Å². The molecule has 0 radical (unpaired) electrons. The summed E-state index contributed by atoms with van der Waals surface area (Å²) in [6.07, 6.45) is 2.34. The van der Waals surface area contributed by atoms with Crippen molar-refractivity contribution in [2.75, 3.05) is 6.61 Å². The van der Waals surface area contributed by atoms with Gasteiger partial charge in [-0.15, -0.1) is 0 Å². The average Bonchev–Trinajstić information content (AvgIpc) is 3.25. The first-order valence-corrected chi connectivity index (χ1v) is 8.46. The molecule has 1 fully saturated rings. The fourth-order valence-electron chi connectivity index (χ4n) is 1.67. The summed E-state index contributed by atoms with van der Waals surface area (Å²) in [5.74, 6) is -0.956. The molecule has 1 unspecified atom stereocenters. The van der Waals surface area contributed by atoms with Gasteiger partial charge in [-0.25, -0.2) is 13.2 Å². The summed E-state index contributed by atoms with van der Waals surface area (Å²) in [5, 5.41) is 1.91. The molecule has 1 aliphatic rings. The van der Waals surface area contributed by atoms with Crippen LogP contribution in [0, 0.1) is 5.92 Å². The maximum absolute atomic E-state index is 12.1. The van der Waals surface area contributed by atoms with Crippen LogP contribution in [0.25, 0.3) is 0 Å². The van der Waals surface area contributed by atoms with Crippen molar-refractivity contribution in [1.29, 1.82) is 0 Å². The molecule has 0 spiro atoms. The van der Waals surface area contributed by atoms with Crippen LogP contribution in [-0.4, -0.2) is 38.3 Å². The van der Waals surface area contributed by atoms with Crippen LogP contribution in [0.4, 0.5) is 4.79 Å². The van der Waals surface area contributed by atoms with Crippen molar-refractivity contribution >= 4 is 22.0 Å². The van der Waals surface area contributed by atoms with Crippen LogP contribution in [0.3, 0.4) is 0 Å². The Morgan fingerprint density at radius 3 is 2.52 bits per heavy atom. The molecule has 2 amide bonds. The molecule has 0 aromatic carbocycles. The highest BCUT2D eigenvalue weighted by atomic mass is 32.2. The van der Waals surface area contributed by atoms with E-state index in [-0.39, 0.29) is 12.5 Å². The number of sulfonamides is 1. The van der Waals surface area contributed by atoms with Gasteiger partial charge in [-0.2, -0.15) is 0 Å². The van der Waals surface area contributed by atoms with Gasteiger partial charge in [0.05, 0.1) is 5.25 Å². The molecule has 7 nitrogen and oxygen atoms in total. The zero-order chi connectivity index (χ0) is 16.0. The molecule has 2 N–H and O–H groups in total. The standard InChI is InChI=1S/C13H22N2O5S/c1-4-8-20-13(17)14-11(9(3)5-2)12(16)15-21(18,19)10-6-7-10/h4,9-11H,1,5-8H2,2-3H3,(H,14,17)(H,15,16)/t9-,11?/m0/s1. The summed E-state index contributed by atoms with van der Waals surface area (Å²) >= 11 is 0. The van der Waals surface area contributed by atoms with Crippen molar-refractivity contribution < 1.29 is 22.7 Å². The highest BCUT2D eigenvalue weighted by Gasteiger charge is 2.39. The summed E-state index contributed by atoms with van der Waals surface area (Å²) < 4.78 is 30.4. The Morgan fingerprint density at radius 2 is 2.05 bits per heavy atom. The summed E-state index contributed by atoms with van der Waals surface area (Å²) in [5.41, 5.74) is 0. The van der Waals surface area contributed by atoms with Crippen molar-refractivity contribution in [2.24, 2.45) is 5.92 Å². The third-order valence-electron chi connectivity index (χ3n) is 3.31. The van der Waals surface area contributed by atoms with Crippen molar-refractivity contribution in [2.45, 2.75) is 44.4 Å². The predicted molar refractivity (Wildman–Crippen MR) is 78.0 cm³/mol. The number of alkyl carbamates (subject to hydrolysis) is 1. The van der Waals surface area contributed by atoms with Crippen molar-refractivity contribution in [1.82, 2.24) is 10.0 Å². The van der Waals surface area contributed by atoms with Crippen molar-refractivity contribution in [3.8, 4) is 0 Å². The van der Waals surface area contributed by atoms with E-state index in [0.717, 1.165) is 0 Å². The summed E-state index contributed by atoms with van der Waals surface area (Å²) in [7, 11) is -3.63. The number of carbonyl (C=O) groups is 2. The first-order valence-electron chi connectivity index (χ1n) is 6.91. The van der Waals surface area contributed by atoms with E-state index in [1.807, 2.05) is 11.6 Å². The Bertz CT molecular complexity index is 499. The molecule has 0 aliphatic heterocycles. The molecule has 8 heteroatoms. The SMILES string of the molecule is C=CCOC(=O)NC(C(=O)NS(=O)(=O)C1CC1)[C@@H](C)CC. The van der Waals surface area contributed by atoms with E-state index in [9.17, 15) is 18.0 Å². The lowest BCUT2D eigenvalue weighted by atomic mass is 9.99. The smallest absolute Gasteiger partial charge is 0.408 e. The normalized spacial score (nSPS) is 17.4. The molecular weight excluding hydrogens is 296 g/mol. The molecule has 0 saturated heterocycles. The maximum atomic E-state index is 12.1. The molecule has 21 heavy (non-hydrogen) atoms. The second-order valence-electron chi connectivity index (χ2n) is 5.11. The van der Waals surface area contributed by atoms with Crippen LogP contribution in [-0.2, 0) is 19.6 Å². The highest BCUT2D eigenvalue weighted by Crippen LogP contribution is 2.27. The Labute approximate surface area is 125 Å². The van der Waals surface area contributed by atoms with E-state index >= 15 is 0 Å². The minimum Gasteiger partial charge on any atom is -0.445 e. The highest BCUT2D eigenvalue weighted by molar-refractivity contribution is 7.90. The van der Waals surface area contributed by atoms with E-state index < -0.39 is 33.3 Å². The fraction of sp³-hybridized carbons (Fsp3) is 0.692. The van der Waals surface area contributed by atoms with Crippen molar-refractivity contribution in [3.63, 3.8) is 0 Å². The second-order valence-corrected chi connectivity index (χ2v) is 7.07. The zero-order valence-corrected chi connectivity index (χ0v) is 13.1. The number of amides is 2. The average molecular weight is 318 g/mol. The molecule has 0 heterocycles. The van der Waals surface area contributed by atoms with E-state index in [0.29, 0.717) is 19.3 Å². The van der Waals surface area contributed by atoms with Gasteiger partial charge >= 0.3 is 6.09 Å². The van der Waals surface area contributed by atoms with E-state index in [1.54, 1.807) is 6.92 Å². The topological polar surface area (TPSA) is 102 Å². The molecule has 0 aromatic rings.